The Morgan fingerprint density at radius 3 is 1.23 bits per heavy atom. The zero-order valence-electron chi connectivity index (χ0n) is 14.3. The van der Waals surface area contributed by atoms with Crippen molar-refractivity contribution in [2.45, 2.75) is 13.8 Å². The van der Waals surface area contributed by atoms with E-state index >= 15 is 0 Å². The zero-order valence-corrected chi connectivity index (χ0v) is 15.0. The number of hydrogen-bond acceptors (Lipinski definition) is 9. The van der Waals surface area contributed by atoms with Gasteiger partial charge >= 0.3 is 0 Å². The van der Waals surface area contributed by atoms with E-state index in [9.17, 15) is 0 Å². The van der Waals surface area contributed by atoms with Crippen LogP contribution in [0.4, 0.5) is 0 Å². The summed E-state index contributed by atoms with van der Waals surface area (Å²) in [6, 6.07) is 7.90. The van der Waals surface area contributed by atoms with Crippen LogP contribution >= 0.6 is 11.6 Å². The molecule has 9 nitrogen and oxygen atoms in total. The number of halogens is 1. The Morgan fingerprint density at radius 2 is 1.08 bits per heavy atom. The third kappa shape index (κ3) is 14.4. The van der Waals surface area contributed by atoms with Gasteiger partial charge in [0.15, 0.2) is 0 Å². The first kappa shape index (κ1) is 26.3. The lowest BCUT2D eigenvalue weighted by molar-refractivity contribution is -0.00864. The fourth-order valence-corrected chi connectivity index (χ4v) is 2.19. The molecule has 0 bridgehead atoms. The minimum atomic E-state index is 0. The Kier molecular flexibility index (Phi) is 19.6. The van der Waals surface area contributed by atoms with E-state index in [1.54, 1.807) is 6.07 Å². The molecule has 2 fully saturated rings. The minimum absolute atomic E-state index is 0. The van der Waals surface area contributed by atoms with Gasteiger partial charge in [-0.2, -0.15) is 21.0 Å². The zero-order chi connectivity index (χ0) is 18.8. The largest absolute Gasteiger partial charge is 0.304 e. The monoisotopic (exact) mass is 381 g/mol. The van der Waals surface area contributed by atoms with Crippen LogP contribution in [-0.2, 0) is 0 Å². The third-order valence-electron chi connectivity index (χ3n) is 3.10. The van der Waals surface area contributed by atoms with E-state index in [1.165, 1.54) is 19.5 Å². The van der Waals surface area contributed by atoms with Crippen molar-refractivity contribution in [1.82, 2.24) is 25.3 Å². The molecule has 0 saturated carbocycles. The van der Waals surface area contributed by atoms with Crippen LogP contribution in [0.15, 0.2) is 0 Å². The molecule has 2 N–H and O–H groups in total. The van der Waals surface area contributed by atoms with Gasteiger partial charge in [-0.25, -0.2) is 0 Å². The molecule has 2 heterocycles. The number of rotatable bonds is 3. The van der Waals surface area contributed by atoms with E-state index < -0.39 is 0 Å². The summed E-state index contributed by atoms with van der Waals surface area (Å²) >= 11 is 4.82. The first-order valence-electron chi connectivity index (χ1n) is 7.84. The highest BCUT2D eigenvalue weighted by molar-refractivity contribution is 6.19. The van der Waals surface area contributed by atoms with Crippen LogP contribution in [-0.4, -0.2) is 80.0 Å². The lowest BCUT2D eigenvalue weighted by Gasteiger charge is -2.39. The van der Waals surface area contributed by atoms with Gasteiger partial charge < -0.3 is 10.6 Å². The summed E-state index contributed by atoms with van der Waals surface area (Å²) in [5.74, 6) is 0.0972. The molecule has 2 saturated heterocycles. The first-order chi connectivity index (χ1) is 12.2. The molecule has 0 atom stereocenters. The molecule has 26 heavy (non-hydrogen) atoms. The first-order valence-corrected chi connectivity index (χ1v) is 8.37. The standard InChI is InChI=1S/C9H12N6.C4H10N2.C2H2ClN.CH4/c10-1-4-13-7-14(5-2-11)9-15(8-13)6-3-12;1-2-5-4-6-3-1;3-1-2-4;/h4-9H2;5-6H,1-4H2;1H2;1H4. The highest BCUT2D eigenvalue weighted by Gasteiger charge is 2.22. The molecule has 0 aromatic rings. The smallest absolute Gasteiger partial charge is 0.109 e. The van der Waals surface area contributed by atoms with Gasteiger partial charge in [0.2, 0.25) is 0 Å². The second kappa shape index (κ2) is 19.4. The van der Waals surface area contributed by atoms with Crippen molar-refractivity contribution in [3.05, 3.63) is 0 Å². The van der Waals surface area contributed by atoms with Crippen LogP contribution in [0.3, 0.4) is 0 Å². The number of alkyl halides is 1. The number of nitrogens with one attached hydrogen (secondary N) is 2. The summed E-state index contributed by atoms with van der Waals surface area (Å²) in [7, 11) is 0. The highest BCUT2D eigenvalue weighted by Crippen LogP contribution is 2.05. The van der Waals surface area contributed by atoms with E-state index in [0.717, 1.165) is 6.67 Å². The molecular formula is C16H28ClN9. The van der Waals surface area contributed by atoms with Crippen molar-refractivity contribution in [2.75, 3.05) is 65.3 Å². The van der Waals surface area contributed by atoms with Gasteiger partial charge in [-0.1, -0.05) is 7.43 Å². The van der Waals surface area contributed by atoms with Crippen molar-refractivity contribution < 1.29 is 0 Å². The molecule has 0 amide bonds. The highest BCUT2D eigenvalue weighted by atomic mass is 35.5. The Labute approximate surface area is 161 Å². The van der Waals surface area contributed by atoms with E-state index in [1.807, 2.05) is 14.7 Å². The molecule has 10 heteroatoms. The summed E-state index contributed by atoms with van der Waals surface area (Å²) in [6.45, 7) is 6.19. The molecule has 0 spiro atoms. The van der Waals surface area contributed by atoms with Gasteiger partial charge in [-0.15, -0.1) is 11.6 Å². The van der Waals surface area contributed by atoms with Gasteiger partial charge in [0.25, 0.3) is 0 Å². The van der Waals surface area contributed by atoms with Crippen molar-refractivity contribution >= 4 is 11.6 Å². The van der Waals surface area contributed by atoms with Crippen molar-refractivity contribution in [3.8, 4) is 24.3 Å². The quantitative estimate of drug-likeness (QED) is 0.522. The minimum Gasteiger partial charge on any atom is -0.304 e. The average Bonchev–Trinajstić information content (AvgIpc) is 2.65. The van der Waals surface area contributed by atoms with Crippen LogP contribution in [0.2, 0.25) is 0 Å². The van der Waals surface area contributed by atoms with E-state index in [0.29, 0.717) is 39.6 Å². The van der Waals surface area contributed by atoms with Gasteiger partial charge in [-0.05, 0) is 19.5 Å². The van der Waals surface area contributed by atoms with Crippen LogP contribution < -0.4 is 10.6 Å². The fourth-order valence-electron chi connectivity index (χ4n) is 2.19. The van der Waals surface area contributed by atoms with Crippen LogP contribution in [0.25, 0.3) is 0 Å². The Bertz CT molecular complexity index is 426. The molecule has 2 rings (SSSR count). The third-order valence-corrected chi connectivity index (χ3v) is 3.22. The predicted molar refractivity (Wildman–Crippen MR) is 100 cm³/mol. The molecule has 0 radical (unpaired) electrons. The molecule has 144 valence electrons. The molecule has 0 aromatic heterocycles. The van der Waals surface area contributed by atoms with Crippen LogP contribution in [0.1, 0.15) is 13.8 Å². The van der Waals surface area contributed by atoms with Gasteiger partial charge in [0.05, 0.1) is 63.9 Å². The summed E-state index contributed by atoms with van der Waals surface area (Å²) in [5, 5.41) is 39.6. The maximum atomic E-state index is 8.59. The molecule has 0 unspecified atom stereocenters. The van der Waals surface area contributed by atoms with E-state index in [4.69, 9.17) is 32.6 Å². The summed E-state index contributed by atoms with van der Waals surface area (Å²) in [6.07, 6.45) is 1.28. The maximum absolute atomic E-state index is 8.59. The maximum Gasteiger partial charge on any atom is 0.109 e. The Balaban J connectivity index is 0. The average molecular weight is 382 g/mol. The number of nitriles is 4. The molecular weight excluding hydrogens is 354 g/mol. The molecule has 2 aliphatic heterocycles. The van der Waals surface area contributed by atoms with E-state index in [-0.39, 0.29) is 13.3 Å². The van der Waals surface area contributed by atoms with Gasteiger partial charge in [-0.3, -0.25) is 14.7 Å². The SMILES string of the molecule is C.C1CNCNC1.N#CCCl.N#CCN1CN(CC#N)CN(CC#N)C1. The number of nitrogens with zero attached hydrogens (tertiary/aromatic N) is 7. The van der Waals surface area contributed by atoms with Crippen molar-refractivity contribution in [1.29, 1.82) is 21.0 Å². The van der Waals surface area contributed by atoms with Gasteiger partial charge in [0.1, 0.15) is 5.88 Å². The topological polar surface area (TPSA) is 129 Å². The Hall–Kier alpha value is -1.95. The normalized spacial score (nSPS) is 17.3. The number of hydrogen-bond donors (Lipinski definition) is 2. The van der Waals surface area contributed by atoms with Crippen molar-refractivity contribution in [2.24, 2.45) is 0 Å². The lowest BCUT2D eigenvalue weighted by atomic mass is 10.4. The molecule has 0 aromatic carbocycles. The van der Waals surface area contributed by atoms with Crippen LogP contribution in [0.5, 0.6) is 0 Å². The van der Waals surface area contributed by atoms with E-state index in [2.05, 4.69) is 28.8 Å². The lowest BCUT2D eigenvalue weighted by Crippen LogP contribution is -2.54. The predicted octanol–water partition coefficient (Wildman–Crippen LogP) is 0.261. The Morgan fingerprint density at radius 1 is 0.731 bits per heavy atom. The summed E-state index contributed by atoms with van der Waals surface area (Å²) < 4.78 is 0. The molecule has 2 aliphatic rings. The van der Waals surface area contributed by atoms with Gasteiger partial charge in [0, 0.05) is 6.67 Å². The molecule has 0 aliphatic carbocycles. The second-order valence-electron chi connectivity index (χ2n) is 5.21. The second-order valence-corrected chi connectivity index (χ2v) is 5.47. The fraction of sp³-hybridized carbons (Fsp3) is 0.750. The summed E-state index contributed by atoms with van der Waals surface area (Å²) in [5.41, 5.74) is 0. The summed E-state index contributed by atoms with van der Waals surface area (Å²) in [4.78, 5) is 5.70. The van der Waals surface area contributed by atoms with Crippen molar-refractivity contribution in [3.63, 3.8) is 0 Å². The van der Waals surface area contributed by atoms with Crippen LogP contribution in [0, 0.1) is 45.3 Å².